The summed E-state index contributed by atoms with van der Waals surface area (Å²) in [6.07, 6.45) is 9.24. The summed E-state index contributed by atoms with van der Waals surface area (Å²) in [5, 5.41) is 3.13. The lowest BCUT2D eigenvalue weighted by molar-refractivity contribution is -0.125. The van der Waals surface area contributed by atoms with Crippen molar-refractivity contribution in [2.24, 2.45) is 5.92 Å². The third-order valence-electron chi connectivity index (χ3n) is 6.07. The van der Waals surface area contributed by atoms with Crippen molar-refractivity contribution in [2.75, 3.05) is 44.2 Å². The van der Waals surface area contributed by atoms with Gasteiger partial charge in [0.25, 0.3) is 0 Å². The van der Waals surface area contributed by atoms with Crippen molar-refractivity contribution in [2.45, 2.75) is 32.1 Å². The number of carbonyl (C=O) groups is 1. The maximum atomic E-state index is 13.1. The molecule has 1 atom stereocenters. The first kappa shape index (κ1) is 20.7. The summed E-state index contributed by atoms with van der Waals surface area (Å²) >= 11 is 0. The molecule has 1 aromatic heterocycles. The molecule has 1 amide bonds. The van der Waals surface area contributed by atoms with Gasteiger partial charge >= 0.3 is 0 Å². The number of hydrogen-bond acceptors (Lipinski definition) is 5. The van der Waals surface area contributed by atoms with E-state index in [1.165, 1.54) is 31.4 Å². The molecule has 160 valence electrons. The van der Waals surface area contributed by atoms with Gasteiger partial charge in [-0.25, -0.2) is 14.4 Å². The molecule has 0 saturated carbocycles. The summed E-state index contributed by atoms with van der Waals surface area (Å²) in [7, 11) is 0. The number of halogens is 1. The highest BCUT2D eigenvalue weighted by molar-refractivity contribution is 5.79. The van der Waals surface area contributed by atoms with Gasteiger partial charge in [0, 0.05) is 44.1 Å². The minimum Gasteiger partial charge on any atom is -0.355 e. The number of hydrogen-bond donors (Lipinski definition) is 1. The van der Waals surface area contributed by atoms with E-state index in [4.69, 9.17) is 0 Å². The van der Waals surface area contributed by atoms with Crippen molar-refractivity contribution >= 4 is 11.9 Å². The van der Waals surface area contributed by atoms with Gasteiger partial charge in [-0.1, -0.05) is 18.6 Å². The normalized spacial score (nSPS) is 20.2. The van der Waals surface area contributed by atoms with E-state index in [-0.39, 0.29) is 17.6 Å². The lowest BCUT2D eigenvalue weighted by Gasteiger charge is -2.32. The number of nitrogens with zero attached hydrogens (tertiary/aromatic N) is 4. The first-order valence-corrected chi connectivity index (χ1v) is 11.0. The molecule has 2 aliphatic heterocycles. The highest BCUT2D eigenvalue weighted by Crippen LogP contribution is 2.23. The van der Waals surface area contributed by atoms with Gasteiger partial charge in [-0.15, -0.1) is 0 Å². The number of rotatable bonds is 6. The molecule has 0 bridgehead atoms. The Morgan fingerprint density at radius 3 is 2.47 bits per heavy atom. The van der Waals surface area contributed by atoms with Crippen LogP contribution in [0.25, 0.3) is 11.1 Å². The second-order valence-corrected chi connectivity index (χ2v) is 8.26. The van der Waals surface area contributed by atoms with Crippen LogP contribution in [0.2, 0.25) is 0 Å². The Labute approximate surface area is 177 Å². The molecule has 6 nitrogen and oxygen atoms in total. The fourth-order valence-electron chi connectivity index (χ4n) is 4.31. The van der Waals surface area contributed by atoms with Crippen molar-refractivity contribution in [1.82, 2.24) is 20.2 Å². The smallest absolute Gasteiger partial charge is 0.225 e. The third kappa shape index (κ3) is 5.33. The average molecular weight is 412 g/mol. The number of anilines is 1. The highest BCUT2D eigenvalue weighted by Gasteiger charge is 2.27. The topological polar surface area (TPSA) is 61.4 Å². The molecule has 7 heteroatoms. The van der Waals surface area contributed by atoms with E-state index in [9.17, 15) is 9.18 Å². The Balaban J connectivity index is 1.29. The number of aromatic nitrogens is 2. The zero-order chi connectivity index (χ0) is 20.8. The van der Waals surface area contributed by atoms with Crippen LogP contribution in [0.15, 0.2) is 36.7 Å². The van der Waals surface area contributed by atoms with Gasteiger partial charge in [0.15, 0.2) is 0 Å². The molecular formula is C23H30FN5O. The molecular weight excluding hydrogens is 381 g/mol. The van der Waals surface area contributed by atoms with Crippen LogP contribution in [0, 0.1) is 11.7 Å². The Hall–Kier alpha value is -2.54. The first-order valence-electron chi connectivity index (χ1n) is 11.0. The van der Waals surface area contributed by atoms with E-state index >= 15 is 0 Å². The van der Waals surface area contributed by atoms with Crippen LogP contribution in [-0.4, -0.2) is 60.0 Å². The molecule has 1 unspecified atom stereocenters. The zero-order valence-electron chi connectivity index (χ0n) is 17.4. The van der Waals surface area contributed by atoms with Crippen LogP contribution in [-0.2, 0) is 4.79 Å². The number of piperidine rings is 2. The molecule has 30 heavy (non-hydrogen) atoms. The molecule has 3 heterocycles. The van der Waals surface area contributed by atoms with Crippen molar-refractivity contribution in [3.8, 4) is 11.1 Å². The summed E-state index contributed by atoms with van der Waals surface area (Å²) in [6, 6.07) is 6.31. The Bertz CT molecular complexity index is 820. The maximum absolute atomic E-state index is 13.1. The predicted molar refractivity (Wildman–Crippen MR) is 116 cm³/mol. The van der Waals surface area contributed by atoms with Crippen LogP contribution in [0.5, 0.6) is 0 Å². The van der Waals surface area contributed by atoms with Crippen LogP contribution < -0.4 is 10.2 Å². The maximum Gasteiger partial charge on any atom is 0.225 e. The number of carbonyl (C=O) groups excluding carboxylic acids is 1. The molecule has 0 radical (unpaired) electrons. The largest absolute Gasteiger partial charge is 0.355 e. The van der Waals surface area contributed by atoms with E-state index in [0.717, 1.165) is 56.7 Å². The van der Waals surface area contributed by atoms with Gasteiger partial charge in [0.2, 0.25) is 11.9 Å². The lowest BCUT2D eigenvalue weighted by atomic mass is 9.97. The second kappa shape index (κ2) is 9.98. The Morgan fingerprint density at radius 2 is 1.73 bits per heavy atom. The van der Waals surface area contributed by atoms with Gasteiger partial charge in [-0.3, -0.25) is 4.79 Å². The quantitative estimate of drug-likeness (QED) is 0.792. The van der Waals surface area contributed by atoms with Crippen molar-refractivity contribution in [3.05, 3.63) is 42.5 Å². The Morgan fingerprint density at radius 1 is 1.00 bits per heavy atom. The summed E-state index contributed by atoms with van der Waals surface area (Å²) in [5.74, 6) is 0.497. The van der Waals surface area contributed by atoms with E-state index in [1.54, 1.807) is 24.5 Å². The standard InChI is InChI=1S/C23H30FN5O/c24-21-8-6-18(7-9-21)20-15-26-23(27-16-20)29-13-4-5-19(17-29)22(30)25-10-14-28-11-2-1-3-12-28/h6-9,15-16,19H,1-5,10-14,17H2,(H,25,30). The SMILES string of the molecule is O=C(NCCN1CCCCC1)C1CCCN(c2ncc(-c3ccc(F)cc3)cn2)C1. The number of amides is 1. The molecule has 2 aliphatic rings. The minimum atomic E-state index is -0.259. The van der Waals surface area contributed by atoms with Crippen LogP contribution in [0.1, 0.15) is 32.1 Å². The van der Waals surface area contributed by atoms with Gasteiger partial charge in [-0.2, -0.15) is 0 Å². The van der Waals surface area contributed by atoms with Gasteiger partial charge in [0.05, 0.1) is 5.92 Å². The zero-order valence-corrected chi connectivity index (χ0v) is 17.4. The van der Waals surface area contributed by atoms with Crippen LogP contribution in [0.3, 0.4) is 0 Å². The summed E-state index contributed by atoms with van der Waals surface area (Å²) in [6.45, 7) is 5.46. The number of benzene rings is 1. The van der Waals surface area contributed by atoms with Crippen molar-refractivity contribution in [1.29, 1.82) is 0 Å². The molecule has 0 spiro atoms. The second-order valence-electron chi connectivity index (χ2n) is 8.26. The predicted octanol–water partition coefficient (Wildman–Crippen LogP) is 3.10. The molecule has 4 rings (SSSR count). The molecule has 1 N–H and O–H groups in total. The van der Waals surface area contributed by atoms with Crippen molar-refractivity contribution in [3.63, 3.8) is 0 Å². The monoisotopic (exact) mass is 411 g/mol. The Kier molecular flexibility index (Phi) is 6.89. The highest BCUT2D eigenvalue weighted by atomic mass is 19.1. The first-order chi connectivity index (χ1) is 14.7. The van der Waals surface area contributed by atoms with Crippen LogP contribution >= 0.6 is 0 Å². The summed E-state index contributed by atoms with van der Waals surface area (Å²) in [4.78, 5) is 26.2. The van der Waals surface area contributed by atoms with Gasteiger partial charge in [0.1, 0.15) is 5.82 Å². The van der Waals surface area contributed by atoms with E-state index < -0.39 is 0 Å². The summed E-state index contributed by atoms with van der Waals surface area (Å²) in [5.41, 5.74) is 1.73. The molecule has 2 fully saturated rings. The molecule has 1 aromatic carbocycles. The fraction of sp³-hybridized carbons (Fsp3) is 0.522. The van der Waals surface area contributed by atoms with Crippen LogP contribution in [0.4, 0.5) is 10.3 Å². The van der Waals surface area contributed by atoms with E-state index in [1.807, 2.05) is 0 Å². The average Bonchev–Trinajstić information content (AvgIpc) is 2.80. The molecule has 0 aliphatic carbocycles. The van der Waals surface area contributed by atoms with E-state index in [2.05, 4.69) is 25.1 Å². The number of likely N-dealkylation sites (tertiary alicyclic amines) is 1. The van der Waals surface area contributed by atoms with Gasteiger partial charge < -0.3 is 15.1 Å². The number of nitrogens with one attached hydrogen (secondary N) is 1. The van der Waals surface area contributed by atoms with E-state index in [0.29, 0.717) is 12.5 Å². The van der Waals surface area contributed by atoms with Crippen molar-refractivity contribution < 1.29 is 9.18 Å². The molecule has 2 saturated heterocycles. The molecule has 2 aromatic rings. The minimum absolute atomic E-state index is 0.0273. The summed E-state index contributed by atoms with van der Waals surface area (Å²) < 4.78 is 13.1. The van der Waals surface area contributed by atoms with Gasteiger partial charge in [-0.05, 0) is 56.5 Å². The lowest BCUT2D eigenvalue weighted by Crippen LogP contribution is -2.45. The fourth-order valence-corrected chi connectivity index (χ4v) is 4.31. The third-order valence-corrected chi connectivity index (χ3v) is 6.07.